The monoisotopic (exact) mass is 360 g/mol. The number of rotatable bonds is 7. The number of benzene rings is 1. The molecule has 1 amide bonds. The molecular formula is C16H16ClF3N2O2. The first kappa shape index (κ1) is 18.3. The van der Waals surface area contributed by atoms with Crippen LogP contribution in [0.5, 0.6) is 0 Å². The Hall–Kier alpha value is -2.02. The molecule has 0 spiro atoms. The van der Waals surface area contributed by atoms with Gasteiger partial charge in [-0.15, -0.1) is 0 Å². The van der Waals surface area contributed by atoms with Crippen LogP contribution in [0.3, 0.4) is 0 Å². The molecule has 0 aliphatic heterocycles. The van der Waals surface area contributed by atoms with E-state index in [0.29, 0.717) is 12.1 Å². The molecule has 24 heavy (non-hydrogen) atoms. The van der Waals surface area contributed by atoms with E-state index in [1.54, 1.807) is 12.5 Å². The molecule has 0 atom stereocenters. The van der Waals surface area contributed by atoms with E-state index in [1.807, 2.05) is 0 Å². The summed E-state index contributed by atoms with van der Waals surface area (Å²) in [5, 5.41) is 5.97. The summed E-state index contributed by atoms with van der Waals surface area (Å²) in [7, 11) is 0. The zero-order valence-corrected chi connectivity index (χ0v) is 13.5. The van der Waals surface area contributed by atoms with Crippen LogP contribution in [-0.4, -0.2) is 17.6 Å². The summed E-state index contributed by atoms with van der Waals surface area (Å²) >= 11 is 5.56. The number of hydrogen-bond donors (Lipinski definition) is 1. The number of carbonyl (C=O) groups excluding carboxylic acids is 1. The van der Waals surface area contributed by atoms with E-state index in [1.165, 1.54) is 12.1 Å². The predicted molar refractivity (Wildman–Crippen MR) is 82.6 cm³/mol. The standard InChI is InChI=1S/C16H16ClF3N2O2/c17-14-5-3-11(8-13(14)16(18,19)20)4-6-15(23)21-7-1-2-12-9-22-24-10-12/h3,5,8-10H,1-2,4,6-7H2,(H,21,23). The van der Waals surface area contributed by atoms with Gasteiger partial charge in [0.2, 0.25) is 5.91 Å². The van der Waals surface area contributed by atoms with Crippen LogP contribution < -0.4 is 5.32 Å². The van der Waals surface area contributed by atoms with Crippen LogP contribution in [0.15, 0.2) is 35.2 Å². The number of amides is 1. The van der Waals surface area contributed by atoms with Crippen LogP contribution >= 0.6 is 11.6 Å². The lowest BCUT2D eigenvalue weighted by atomic mass is 10.1. The second-order valence-electron chi connectivity index (χ2n) is 5.30. The van der Waals surface area contributed by atoms with Gasteiger partial charge in [0, 0.05) is 18.5 Å². The number of alkyl halides is 3. The molecule has 0 saturated heterocycles. The number of aromatic nitrogens is 1. The van der Waals surface area contributed by atoms with Crippen molar-refractivity contribution in [3.05, 3.63) is 52.4 Å². The number of carbonyl (C=O) groups is 1. The molecule has 1 N–H and O–H groups in total. The van der Waals surface area contributed by atoms with Gasteiger partial charge in [-0.05, 0) is 37.0 Å². The molecular weight excluding hydrogens is 345 g/mol. The second-order valence-corrected chi connectivity index (χ2v) is 5.71. The van der Waals surface area contributed by atoms with Crippen LogP contribution in [0.25, 0.3) is 0 Å². The lowest BCUT2D eigenvalue weighted by Crippen LogP contribution is -2.25. The molecule has 0 aliphatic carbocycles. The van der Waals surface area contributed by atoms with Gasteiger partial charge in [0.05, 0.1) is 16.8 Å². The van der Waals surface area contributed by atoms with Gasteiger partial charge < -0.3 is 9.84 Å². The summed E-state index contributed by atoms with van der Waals surface area (Å²) < 4.78 is 43.0. The highest BCUT2D eigenvalue weighted by molar-refractivity contribution is 6.31. The van der Waals surface area contributed by atoms with Gasteiger partial charge in [-0.3, -0.25) is 4.79 Å². The molecule has 0 radical (unpaired) electrons. The molecule has 0 bridgehead atoms. The van der Waals surface area contributed by atoms with Crippen molar-refractivity contribution in [3.63, 3.8) is 0 Å². The molecule has 130 valence electrons. The Morgan fingerprint density at radius 2 is 2.04 bits per heavy atom. The van der Waals surface area contributed by atoms with Crippen molar-refractivity contribution in [2.45, 2.75) is 31.9 Å². The highest BCUT2D eigenvalue weighted by Crippen LogP contribution is 2.35. The Balaban J connectivity index is 1.75. The molecule has 1 aromatic heterocycles. The van der Waals surface area contributed by atoms with Crippen LogP contribution in [0.4, 0.5) is 13.2 Å². The lowest BCUT2D eigenvalue weighted by Gasteiger charge is -2.11. The van der Waals surface area contributed by atoms with Gasteiger partial charge in [0.25, 0.3) is 0 Å². The number of aryl methyl sites for hydroxylation is 2. The van der Waals surface area contributed by atoms with Gasteiger partial charge in [0.15, 0.2) is 0 Å². The average Bonchev–Trinajstić information content (AvgIpc) is 3.03. The molecule has 0 aliphatic rings. The largest absolute Gasteiger partial charge is 0.417 e. The van der Waals surface area contributed by atoms with Crippen molar-refractivity contribution >= 4 is 17.5 Å². The van der Waals surface area contributed by atoms with Crippen LogP contribution in [0, 0.1) is 0 Å². The third-order valence-electron chi connectivity index (χ3n) is 3.42. The molecule has 2 aromatic rings. The molecule has 0 saturated carbocycles. The highest BCUT2D eigenvalue weighted by atomic mass is 35.5. The van der Waals surface area contributed by atoms with Crippen LogP contribution in [-0.2, 0) is 23.8 Å². The fraction of sp³-hybridized carbons (Fsp3) is 0.375. The maximum Gasteiger partial charge on any atom is 0.417 e. The number of nitrogens with zero attached hydrogens (tertiary/aromatic N) is 1. The lowest BCUT2D eigenvalue weighted by molar-refractivity contribution is -0.137. The van der Waals surface area contributed by atoms with Gasteiger partial charge in [-0.1, -0.05) is 22.8 Å². The molecule has 8 heteroatoms. The van der Waals surface area contributed by atoms with Crippen molar-refractivity contribution in [2.24, 2.45) is 0 Å². The summed E-state index contributed by atoms with van der Waals surface area (Å²) in [5.41, 5.74) is 0.493. The molecule has 0 unspecified atom stereocenters. The smallest absolute Gasteiger partial charge is 0.364 e. The Labute approximate surface area is 142 Å². The highest BCUT2D eigenvalue weighted by Gasteiger charge is 2.33. The predicted octanol–water partition coefficient (Wildman–Crippen LogP) is 4.03. The normalized spacial score (nSPS) is 11.5. The van der Waals surface area contributed by atoms with E-state index < -0.39 is 11.7 Å². The Kier molecular flexibility index (Phi) is 6.25. The third kappa shape index (κ3) is 5.56. The molecule has 1 aromatic carbocycles. The van der Waals surface area contributed by atoms with Crippen molar-refractivity contribution in [3.8, 4) is 0 Å². The third-order valence-corrected chi connectivity index (χ3v) is 3.75. The van der Waals surface area contributed by atoms with Crippen molar-refractivity contribution < 1.29 is 22.5 Å². The van der Waals surface area contributed by atoms with Crippen LogP contribution in [0.1, 0.15) is 29.5 Å². The fourth-order valence-electron chi connectivity index (χ4n) is 2.16. The minimum atomic E-state index is -4.50. The zero-order chi connectivity index (χ0) is 17.6. The Morgan fingerprint density at radius 1 is 1.25 bits per heavy atom. The minimum absolute atomic E-state index is 0.117. The van der Waals surface area contributed by atoms with E-state index in [4.69, 9.17) is 16.1 Å². The van der Waals surface area contributed by atoms with E-state index in [0.717, 1.165) is 24.5 Å². The maximum absolute atomic E-state index is 12.8. The summed E-state index contributed by atoms with van der Waals surface area (Å²) in [6, 6.07) is 3.69. The van der Waals surface area contributed by atoms with E-state index in [2.05, 4.69) is 10.5 Å². The first-order chi connectivity index (χ1) is 11.4. The van der Waals surface area contributed by atoms with E-state index in [-0.39, 0.29) is 23.8 Å². The van der Waals surface area contributed by atoms with Gasteiger partial charge in [0.1, 0.15) is 6.26 Å². The van der Waals surface area contributed by atoms with Crippen molar-refractivity contribution in [2.75, 3.05) is 6.54 Å². The fourth-order valence-corrected chi connectivity index (χ4v) is 2.39. The number of nitrogens with one attached hydrogen (secondary N) is 1. The SMILES string of the molecule is O=C(CCc1ccc(Cl)c(C(F)(F)F)c1)NCCCc1cnoc1. The second kappa shape index (κ2) is 8.19. The average molecular weight is 361 g/mol. The Bertz CT molecular complexity index is 672. The van der Waals surface area contributed by atoms with E-state index >= 15 is 0 Å². The van der Waals surface area contributed by atoms with Crippen molar-refractivity contribution in [1.82, 2.24) is 10.5 Å². The number of hydrogen-bond acceptors (Lipinski definition) is 3. The quantitative estimate of drug-likeness (QED) is 0.758. The minimum Gasteiger partial charge on any atom is -0.364 e. The van der Waals surface area contributed by atoms with E-state index in [9.17, 15) is 18.0 Å². The number of halogens is 4. The topological polar surface area (TPSA) is 55.1 Å². The van der Waals surface area contributed by atoms with Crippen molar-refractivity contribution in [1.29, 1.82) is 0 Å². The molecule has 1 heterocycles. The van der Waals surface area contributed by atoms with Gasteiger partial charge in [-0.2, -0.15) is 13.2 Å². The zero-order valence-electron chi connectivity index (χ0n) is 12.7. The van der Waals surface area contributed by atoms with Crippen LogP contribution in [0.2, 0.25) is 5.02 Å². The Morgan fingerprint density at radius 3 is 2.71 bits per heavy atom. The first-order valence-corrected chi connectivity index (χ1v) is 7.74. The first-order valence-electron chi connectivity index (χ1n) is 7.37. The summed E-state index contributed by atoms with van der Waals surface area (Å²) in [5.74, 6) is -0.205. The van der Waals surface area contributed by atoms with Gasteiger partial charge in [-0.25, -0.2) is 0 Å². The molecule has 0 fully saturated rings. The summed E-state index contributed by atoms with van der Waals surface area (Å²) in [4.78, 5) is 11.7. The maximum atomic E-state index is 12.8. The molecule has 2 rings (SSSR count). The van der Waals surface area contributed by atoms with Gasteiger partial charge >= 0.3 is 6.18 Å². The summed E-state index contributed by atoms with van der Waals surface area (Å²) in [6.07, 6.45) is 0.449. The molecule has 4 nitrogen and oxygen atoms in total. The summed E-state index contributed by atoms with van der Waals surface area (Å²) in [6.45, 7) is 0.485.